The van der Waals surface area contributed by atoms with Crippen LogP contribution in [0.25, 0.3) is 0 Å². The van der Waals surface area contributed by atoms with Gasteiger partial charge in [0.25, 0.3) is 10.0 Å². The highest BCUT2D eigenvalue weighted by atomic mass is 32.2. The molecular weight excluding hydrogens is 260 g/mol. The fraction of sp³-hybridized carbons (Fsp3) is 0.700. The van der Waals surface area contributed by atoms with Gasteiger partial charge < -0.3 is 5.11 Å². The summed E-state index contributed by atoms with van der Waals surface area (Å²) < 4.78 is 26.3. The molecule has 17 heavy (non-hydrogen) atoms. The summed E-state index contributed by atoms with van der Waals surface area (Å²) in [6.07, 6.45) is 4.80. The normalized spacial score (nSPS) is 11.9. The summed E-state index contributed by atoms with van der Waals surface area (Å²) in [4.78, 5) is 3.92. The number of aromatic nitrogens is 1. The highest BCUT2D eigenvalue weighted by molar-refractivity contribution is 7.91. The standard InChI is InChI=1S/C10H18N2O3S2/c1-9-11-8-10(16-9)17(14,15)12-6-4-2-3-5-7-13/h8,12-13H,2-7H2,1H3. The quantitative estimate of drug-likeness (QED) is 0.702. The molecule has 7 heteroatoms. The zero-order valence-electron chi connectivity index (χ0n) is 9.85. The maximum absolute atomic E-state index is 11.8. The number of aliphatic hydroxyl groups excluding tert-OH is 1. The van der Waals surface area contributed by atoms with Gasteiger partial charge in [-0.3, -0.25) is 0 Å². The third-order valence-electron chi connectivity index (χ3n) is 2.24. The van der Waals surface area contributed by atoms with Crippen molar-refractivity contribution in [1.82, 2.24) is 9.71 Å². The number of rotatable bonds is 8. The van der Waals surface area contributed by atoms with E-state index in [0.29, 0.717) is 6.54 Å². The van der Waals surface area contributed by atoms with Gasteiger partial charge in [0.05, 0.1) is 11.2 Å². The SMILES string of the molecule is Cc1ncc(S(=O)(=O)NCCCCCCO)s1. The van der Waals surface area contributed by atoms with Crippen molar-refractivity contribution in [2.45, 2.75) is 36.8 Å². The first-order valence-corrected chi connectivity index (χ1v) is 7.89. The van der Waals surface area contributed by atoms with E-state index in [1.54, 1.807) is 6.92 Å². The fourth-order valence-electron chi connectivity index (χ4n) is 1.33. The molecule has 0 spiro atoms. The van der Waals surface area contributed by atoms with E-state index >= 15 is 0 Å². The average molecular weight is 278 g/mol. The lowest BCUT2D eigenvalue weighted by Gasteiger charge is -2.03. The number of nitrogens with zero attached hydrogens (tertiary/aromatic N) is 1. The second-order valence-corrected chi connectivity index (χ2v) is 6.96. The van der Waals surface area contributed by atoms with Gasteiger partial charge in [-0.1, -0.05) is 12.8 Å². The van der Waals surface area contributed by atoms with Gasteiger partial charge in [0.1, 0.15) is 0 Å². The van der Waals surface area contributed by atoms with E-state index < -0.39 is 10.0 Å². The van der Waals surface area contributed by atoms with E-state index in [9.17, 15) is 8.42 Å². The van der Waals surface area contributed by atoms with Crippen molar-refractivity contribution < 1.29 is 13.5 Å². The first kappa shape index (κ1) is 14.6. The van der Waals surface area contributed by atoms with Gasteiger partial charge in [-0.2, -0.15) is 0 Å². The number of hydrogen-bond donors (Lipinski definition) is 2. The first-order valence-electron chi connectivity index (χ1n) is 5.59. The summed E-state index contributed by atoms with van der Waals surface area (Å²) in [5.41, 5.74) is 0. The maximum Gasteiger partial charge on any atom is 0.251 e. The van der Waals surface area contributed by atoms with Crippen LogP contribution in [0.1, 0.15) is 30.7 Å². The van der Waals surface area contributed by atoms with Crippen LogP contribution < -0.4 is 4.72 Å². The van der Waals surface area contributed by atoms with Crippen molar-refractivity contribution in [2.75, 3.05) is 13.2 Å². The minimum Gasteiger partial charge on any atom is -0.396 e. The van der Waals surface area contributed by atoms with Crippen molar-refractivity contribution in [2.24, 2.45) is 0 Å². The van der Waals surface area contributed by atoms with Gasteiger partial charge in [-0.05, 0) is 19.8 Å². The monoisotopic (exact) mass is 278 g/mol. The van der Waals surface area contributed by atoms with Crippen molar-refractivity contribution in [3.63, 3.8) is 0 Å². The second-order valence-electron chi connectivity index (χ2n) is 3.73. The molecule has 5 nitrogen and oxygen atoms in total. The Kier molecular flexibility index (Phi) is 6.04. The molecule has 0 amide bonds. The van der Waals surface area contributed by atoms with Crippen LogP contribution in [0.5, 0.6) is 0 Å². The Balaban J connectivity index is 2.31. The molecule has 0 aliphatic heterocycles. The van der Waals surface area contributed by atoms with E-state index in [2.05, 4.69) is 9.71 Å². The van der Waals surface area contributed by atoms with Gasteiger partial charge >= 0.3 is 0 Å². The van der Waals surface area contributed by atoms with Crippen LogP contribution in [-0.2, 0) is 10.0 Å². The van der Waals surface area contributed by atoms with E-state index in [-0.39, 0.29) is 10.8 Å². The predicted octanol–water partition coefficient (Wildman–Crippen LogP) is 1.28. The minimum absolute atomic E-state index is 0.200. The van der Waals surface area contributed by atoms with Crippen molar-refractivity contribution >= 4 is 21.4 Å². The predicted molar refractivity (Wildman–Crippen MR) is 67.6 cm³/mol. The lowest BCUT2D eigenvalue weighted by Crippen LogP contribution is -2.24. The molecule has 0 aromatic carbocycles. The third kappa shape index (κ3) is 5.12. The van der Waals surface area contributed by atoms with Gasteiger partial charge in [0.15, 0.2) is 4.21 Å². The number of nitrogens with one attached hydrogen (secondary N) is 1. The van der Waals surface area contributed by atoms with Crippen molar-refractivity contribution in [3.05, 3.63) is 11.2 Å². The number of sulfonamides is 1. The van der Waals surface area contributed by atoms with Crippen molar-refractivity contribution in [1.29, 1.82) is 0 Å². The molecule has 0 unspecified atom stereocenters. The minimum atomic E-state index is -3.38. The Hall–Kier alpha value is -0.500. The molecule has 2 N–H and O–H groups in total. The van der Waals surface area contributed by atoms with Gasteiger partial charge in [0, 0.05) is 13.2 Å². The average Bonchev–Trinajstić information content (AvgIpc) is 2.71. The van der Waals surface area contributed by atoms with Crippen LogP contribution in [-0.4, -0.2) is 31.7 Å². The zero-order valence-corrected chi connectivity index (χ0v) is 11.5. The summed E-state index contributed by atoms with van der Waals surface area (Å²) in [5.74, 6) is 0. The smallest absolute Gasteiger partial charge is 0.251 e. The summed E-state index contributed by atoms with van der Waals surface area (Å²) in [5, 5.41) is 9.33. The number of thiazole rings is 1. The summed E-state index contributed by atoms with van der Waals surface area (Å²) in [7, 11) is -3.38. The molecule has 1 heterocycles. The number of aryl methyl sites for hydroxylation is 1. The number of aliphatic hydroxyl groups is 1. The van der Waals surface area contributed by atoms with Gasteiger partial charge in [-0.15, -0.1) is 11.3 Å². The van der Waals surface area contributed by atoms with Gasteiger partial charge in [0.2, 0.25) is 0 Å². The van der Waals surface area contributed by atoms with Crippen molar-refractivity contribution in [3.8, 4) is 0 Å². The molecule has 0 bridgehead atoms. The van der Waals surface area contributed by atoms with Crippen LogP contribution >= 0.6 is 11.3 Å². The van der Waals surface area contributed by atoms with E-state index in [4.69, 9.17) is 5.11 Å². The Morgan fingerprint density at radius 3 is 2.65 bits per heavy atom. The molecule has 0 saturated heterocycles. The molecule has 1 aromatic heterocycles. The fourth-order valence-corrected chi connectivity index (χ4v) is 3.56. The molecule has 1 rings (SSSR count). The van der Waals surface area contributed by atoms with Crippen LogP contribution in [0, 0.1) is 6.92 Å². The summed E-state index contributed by atoms with van der Waals surface area (Å²) >= 11 is 1.17. The molecule has 0 saturated carbocycles. The highest BCUT2D eigenvalue weighted by Crippen LogP contribution is 2.17. The zero-order chi connectivity index (χ0) is 12.7. The molecule has 0 aliphatic rings. The van der Waals surface area contributed by atoms with E-state index in [0.717, 1.165) is 30.7 Å². The van der Waals surface area contributed by atoms with E-state index in [1.165, 1.54) is 17.5 Å². The summed E-state index contributed by atoms with van der Waals surface area (Å²) in [6.45, 7) is 2.41. The van der Waals surface area contributed by atoms with Crippen LogP contribution in [0.2, 0.25) is 0 Å². The highest BCUT2D eigenvalue weighted by Gasteiger charge is 2.15. The molecule has 0 fully saturated rings. The Bertz CT molecular complexity index is 429. The largest absolute Gasteiger partial charge is 0.396 e. The maximum atomic E-state index is 11.8. The summed E-state index contributed by atoms with van der Waals surface area (Å²) in [6, 6.07) is 0. The Labute approximate surface area is 106 Å². The van der Waals surface area contributed by atoms with Crippen LogP contribution in [0.15, 0.2) is 10.4 Å². The topological polar surface area (TPSA) is 79.3 Å². The lowest BCUT2D eigenvalue weighted by molar-refractivity contribution is 0.282. The van der Waals surface area contributed by atoms with Crippen LogP contribution in [0.4, 0.5) is 0 Å². The molecule has 98 valence electrons. The molecule has 0 aliphatic carbocycles. The first-order chi connectivity index (χ1) is 8.06. The lowest BCUT2D eigenvalue weighted by atomic mass is 10.2. The third-order valence-corrected chi connectivity index (χ3v) is 5.08. The van der Waals surface area contributed by atoms with Gasteiger partial charge in [-0.25, -0.2) is 18.1 Å². The molecule has 0 atom stereocenters. The Morgan fingerprint density at radius 1 is 1.35 bits per heavy atom. The number of hydrogen-bond acceptors (Lipinski definition) is 5. The molecular formula is C10H18N2O3S2. The Morgan fingerprint density at radius 2 is 2.06 bits per heavy atom. The molecule has 1 aromatic rings. The van der Waals surface area contributed by atoms with E-state index in [1.807, 2.05) is 0 Å². The van der Waals surface area contributed by atoms with Crippen LogP contribution in [0.3, 0.4) is 0 Å². The molecule has 0 radical (unpaired) electrons. The number of unbranched alkanes of at least 4 members (excludes halogenated alkanes) is 3. The second kappa shape index (κ2) is 7.05.